The summed E-state index contributed by atoms with van der Waals surface area (Å²) >= 11 is 0. The fourth-order valence-corrected chi connectivity index (χ4v) is 0. The van der Waals surface area contributed by atoms with Crippen LogP contribution in [0.15, 0.2) is 0 Å². The van der Waals surface area contributed by atoms with Crippen LogP contribution in [-0.4, -0.2) is 16.4 Å². The molecule has 0 amide bonds. The van der Waals surface area contributed by atoms with Crippen LogP contribution in [0.5, 0.6) is 0 Å². The maximum absolute atomic E-state index is 8.56. The van der Waals surface area contributed by atoms with Crippen LogP contribution < -0.4 is 68.9 Å². The van der Waals surface area contributed by atoms with Crippen LogP contribution in [0.25, 0.3) is 0 Å². The van der Waals surface area contributed by atoms with Crippen molar-refractivity contribution in [2.24, 2.45) is 0 Å². The monoisotopic (exact) mass is 216 g/mol. The zero-order valence-corrected chi connectivity index (χ0v) is 9.49. The second kappa shape index (κ2) is 9.54. The first-order valence-corrected chi connectivity index (χ1v) is 0.651. The molecule has 0 heterocycles. The minimum Gasteiger partial charge on any atom is -1.00 e. The van der Waals surface area contributed by atoms with Gasteiger partial charge in [0.05, 0.1) is 0 Å². The average molecular weight is 216 g/mol. The summed E-state index contributed by atoms with van der Waals surface area (Å²) in [5.74, 6) is 0. The molecule has 0 radical (unpaired) electrons. The molecule has 0 atom stereocenters. The molecule has 3 nitrogen and oxygen atoms in total. The summed E-state index contributed by atoms with van der Waals surface area (Å²) in [6, 6.07) is 0. The van der Waals surface area contributed by atoms with Crippen molar-refractivity contribution in [3.63, 3.8) is 0 Å². The Morgan fingerprint density at radius 1 is 1.50 bits per heavy atom. The van der Waals surface area contributed by atoms with E-state index in [-0.39, 0.29) is 75.0 Å². The predicted molar refractivity (Wildman–Crippen MR) is 14.3 cm³/mol. The molecule has 0 aromatic heterocycles. The van der Waals surface area contributed by atoms with Crippen LogP contribution in [0, 0.1) is 0 Å². The first kappa shape index (κ1) is 15.7. The summed E-state index contributed by atoms with van der Waals surface area (Å²) < 4.78 is 0. The van der Waals surface area contributed by atoms with E-state index in [2.05, 4.69) is 0 Å². The van der Waals surface area contributed by atoms with Gasteiger partial charge in [-0.1, -0.05) is 0 Å². The molecule has 0 saturated carbocycles. The first-order valence-electron chi connectivity index (χ1n) is 0.651. The van der Waals surface area contributed by atoms with Gasteiger partial charge in [-0.25, -0.2) is 4.79 Å². The molecule has 0 unspecified atom stereocenters. The van der Waals surface area contributed by atoms with Crippen LogP contribution >= 0.6 is 0 Å². The number of carbonyl (C=O) groups is 1. The summed E-state index contributed by atoms with van der Waals surface area (Å²) in [6.45, 7) is 0. The van der Waals surface area contributed by atoms with E-state index >= 15 is 0 Å². The Labute approximate surface area is 94.0 Å². The molecule has 34 valence electrons. The van der Waals surface area contributed by atoms with Crippen molar-refractivity contribution in [2.45, 2.75) is 0 Å². The van der Waals surface area contributed by atoms with Crippen LogP contribution in [0.1, 0.15) is 1.43 Å². The fourth-order valence-electron chi connectivity index (χ4n) is 0. The van der Waals surface area contributed by atoms with Gasteiger partial charge in [-0.15, -0.1) is 0 Å². The van der Waals surface area contributed by atoms with Crippen molar-refractivity contribution in [3.05, 3.63) is 0 Å². The van der Waals surface area contributed by atoms with Gasteiger partial charge in [-0.3, -0.25) is 4.70 Å². The van der Waals surface area contributed by atoms with Gasteiger partial charge in [0.15, 0.2) is 0 Å². The topological polar surface area (TPSA) is 57.5 Å². The number of carboxylic acid groups (broad SMARTS) is 2. The van der Waals surface area contributed by atoms with Crippen molar-refractivity contribution < 1.29 is 90.0 Å². The third-order valence-electron chi connectivity index (χ3n) is 0. The van der Waals surface area contributed by atoms with Gasteiger partial charge in [0.1, 0.15) is 0 Å². The molecular weight excluding hydrogens is 212 g/mol. The van der Waals surface area contributed by atoms with Crippen LogP contribution in [0.4, 0.5) is 9.50 Å². The maximum Gasteiger partial charge on any atom is 1.00 e. The Kier molecular flexibility index (Phi) is 24.9. The molecule has 0 bridgehead atoms. The predicted octanol–water partition coefficient (Wildman–Crippen LogP) is -2.51. The molecule has 0 spiro atoms. The zero-order valence-electron chi connectivity index (χ0n) is 4.21. The minimum absolute atomic E-state index is 0. The molecule has 0 rings (SSSR count). The van der Waals surface area contributed by atoms with Crippen molar-refractivity contribution in [3.8, 4) is 0 Å². The quantitative estimate of drug-likeness (QED) is 0.470. The van der Waals surface area contributed by atoms with Crippen molar-refractivity contribution >= 4 is 6.16 Å². The Balaban J connectivity index is -0.0000000150. The summed E-state index contributed by atoms with van der Waals surface area (Å²) in [7, 11) is 0. The van der Waals surface area contributed by atoms with Gasteiger partial charge in [0, 0.05) is 0 Å². The van der Waals surface area contributed by atoms with Gasteiger partial charge < -0.3 is 11.6 Å². The van der Waals surface area contributed by atoms with Crippen molar-refractivity contribution in [1.82, 2.24) is 0 Å². The molecule has 0 aliphatic carbocycles. The van der Waals surface area contributed by atoms with E-state index in [0.29, 0.717) is 0 Å². The number of halogens is 1. The average Bonchev–Trinajstić information content (AvgIpc) is 0.811. The SMILES string of the molecule is F.O=C(O)O.[Cs+].[H-]. The molecule has 0 aromatic rings. The molecule has 0 aliphatic heterocycles. The number of hydrogen-bond donors (Lipinski definition) is 2. The third-order valence-corrected chi connectivity index (χ3v) is 0. The number of rotatable bonds is 0. The van der Waals surface area contributed by atoms with Crippen molar-refractivity contribution in [2.75, 3.05) is 0 Å². The molecular formula is CH4CsFO3. The first-order chi connectivity index (χ1) is 1.73. The summed E-state index contributed by atoms with van der Waals surface area (Å²) in [5.41, 5.74) is 0. The number of hydrogen-bond acceptors (Lipinski definition) is 1. The summed E-state index contributed by atoms with van der Waals surface area (Å²) in [5, 5.41) is 13.9. The second-order valence-corrected chi connectivity index (χ2v) is 0.283. The van der Waals surface area contributed by atoms with Crippen molar-refractivity contribution in [1.29, 1.82) is 0 Å². The van der Waals surface area contributed by atoms with E-state index in [9.17, 15) is 0 Å². The fraction of sp³-hybridized carbons (Fsp3) is 0. The molecule has 2 N–H and O–H groups in total. The maximum atomic E-state index is 8.56. The van der Waals surface area contributed by atoms with E-state index in [1.807, 2.05) is 0 Å². The molecule has 0 aromatic carbocycles. The molecule has 0 saturated heterocycles. The van der Waals surface area contributed by atoms with Gasteiger partial charge in [-0.2, -0.15) is 0 Å². The largest absolute Gasteiger partial charge is 1.00 e. The Bertz CT molecular complexity index is 37.9. The van der Waals surface area contributed by atoms with E-state index in [0.717, 1.165) is 0 Å². The van der Waals surface area contributed by atoms with Gasteiger partial charge in [-0.05, 0) is 0 Å². The van der Waals surface area contributed by atoms with Gasteiger partial charge >= 0.3 is 75.0 Å². The third kappa shape index (κ3) is 60.6. The van der Waals surface area contributed by atoms with E-state index in [1.165, 1.54) is 0 Å². The van der Waals surface area contributed by atoms with Crippen LogP contribution in [0.3, 0.4) is 0 Å². The zero-order chi connectivity index (χ0) is 3.58. The van der Waals surface area contributed by atoms with Gasteiger partial charge in [0.25, 0.3) is 0 Å². The van der Waals surface area contributed by atoms with E-state index in [1.54, 1.807) is 0 Å². The second-order valence-electron chi connectivity index (χ2n) is 0.283. The van der Waals surface area contributed by atoms with E-state index in [4.69, 9.17) is 15.0 Å². The Morgan fingerprint density at radius 2 is 1.50 bits per heavy atom. The van der Waals surface area contributed by atoms with Crippen LogP contribution in [-0.2, 0) is 0 Å². The van der Waals surface area contributed by atoms with Crippen LogP contribution in [0.2, 0.25) is 0 Å². The molecule has 6 heavy (non-hydrogen) atoms. The minimum atomic E-state index is -1.83. The smallest absolute Gasteiger partial charge is 1.00 e. The Morgan fingerprint density at radius 3 is 1.50 bits per heavy atom. The molecule has 0 fully saturated rings. The normalized spacial score (nSPS) is 4.00. The standard InChI is InChI=1S/CH2O3.Cs.FH.H/c2-1(3)4;;;/h(H2,2,3,4);;1H;/q;+1;;-1. The molecule has 5 heteroatoms. The molecule has 0 aliphatic rings. The van der Waals surface area contributed by atoms with Gasteiger partial charge in [0.2, 0.25) is 0 Å². The summed E-state index contributed by atoms with van der Waals surface area (Å²) in [4.78, 5) is 8.56. The van der Waals surface area contributed by atoms with E-state index < -0.39 is 6.16 Å². The Hall–Kier alpha value is 1.25. The summed E-state index contributed by atoms with van der Waals surface area (Å²) in [6.07, 6.45) is -1.83.